The lowest BCUT2D eigenvalue weighted by Crippen LogP contribution is -2.12. The number of hydrazone groups is 1. The first-order chi connectivity index (χ1) is 8.81. The third kappa shape index (κ3) is 2.81. The summed E-state index contributed by atoms with van der Waals surface area (Å²) in [5.41, 5.74) is 3.26. The van der Waals surface area contributed by atoms with Crippen LogP contribution in [0.5, 0.6) is 0 Å². The number of Topliss-reactive ketones (excluding diaryl/α,β-unsaturated/α-hetero) is 1. The van der Waals surface area contributed by atoms with E-state index in [1.54, 1.807) is 35.7 Å². The van der Waals surface area contributed by atoms with Gasteiger partial charge in [-0.1, -0.05) is 24.3 Å². The van der Waals surface area contributed by atoms with Gasteiger partial charge in [0, 0.05) is 0 Å². The number of hydrogen-bond donors (Lipinski definition) is 1. The minimum absolute atomic E-state index is 0.152. The molecule has 0 saturated heterocycles. The molecule has 1 aromatic heterocycles. The largest absolute Gasteiger partial charge is 0.285 e. The molecule has 2 rings (SSSR count). The minimum atomic E-state index is -0.365. The van der Waals surface area contributed by atoms with Crippen molar-refractivity contribution in [2.45, 2.75) is 0 Å². The van der Waals surface area contributed by atoms with Gasteiger partial charge >= 0.3 is 0 Å². The summed E-state index contributed by atoms with van der Waals surface area (Å²) in [6, 6.07) is 14.4. The zero-order valence-electron chi connectivity index (χ0n) is 9.33. The molecule has 4 nitrogen and oxygen atoms in total. The van der Waals surface area contributed by atoms with Gasteiger partial charge in [0.15, 0.2) is 0 Å². The molecule has 88 valence electrons. The Morgan fingerprint density at radius 2 is 2.00 bits per heavy atom. The molecule has 1 heterocycles. The van der Waals surface area contributed by atoms with Gasteiger partial charge in [-0.25, -0.2) is 0 Å². The fourth-order valence-electron chi connectivity index (χ4n) is 1.28. The van der Waals surface area contributed by atoms with Crippen molar-refractivity contribution >= 4 is 28.5 Å². The average Bonchev–Trinajstić information content (AvgIpc) is 2.94. The highest BCUT2D eigenvalue weighted by Gasteiger charge is 2.14. The van der Waals surface area contributed by atoms with Crippen molar-refractivity contribution < 1.29 is 4.79 Å². The summed E-state index contributed by atoms with van der Waals surface area (Å²) in [5.74, 6) is -0.365. The van der Waals surface area contributed by atoms with Gasteiger partial charge in [-0.05, 0) is 23.6 Å². The van der Waals surface area contributed by atoms with Crippen LogP contribution >= 0.6 is 11.3 Å². The first-order valence-electron chi connectivity index (χ1n) is 5.18. The quantitative estimate of drug-likeness (QED) is 0.519. The molecule has 0 amide bonds. The Labute approximate surface area is 108 Å². The minimum Gasteiger partial charge on any atom is -0.285 e. The highest BCUT2D eigenvalue weighted by molar-refractivity contribution is 7.13. The molecule has 1 N–H and O–H groups in total. The zero-order valence-corrected chi connectivity index (χ0v) is 10.1. The van der Waals surface area contributed by atoms with Crippen LogP contribution < -0.4 is 5.43 Å². The zero-order chi connectivity index (χ0) is 12.8. The van der Waals surface area contributed by atoms with Crippen molar-refractivity contribution in [3.05, 3.63) is 52.7 Å². The molecule has 0 spiro atoms. The molecule has 0 aliphatic rings. The number of rotatable bonds is 4. The van der Waals surface area contributed by atoms with Crippen LogP contribution in [0.2, 0.25) is 0 Å². The molecule has 18 heavy (non-hydrogen) atoms. The first kappa shape index (κ1) is 12.0. The monoisotopic (exact) mass is 255 g/mol. The fraction of sp³-hybridized carbons (Fsp3) is 0. The van der Waals surface area contributed by atoms with Gasteiger partial charge < -0.3 is 0 Å². The van der Waals surface area contributed by atoms with Crippen LogP contribution in [0.25, 0.3) is 0 Å². The molecular weight excluding hydrogens is 246 g/mol. The predicted molar refractivity (Wildman–Crippen MR) is 71.8 cm³/mol. The maximum Gasteiger partial charge on any atom is 0.233 e. The van der Waals surface area contributed by atoms with E-state index in [2.05, 4.69) is 10.5 Å². The highest BCUT2D eigenvalue weighted by Crippen LogP contribution is 2.11. The number of anilines is 1. The molecular formula is C13H9N3OS. The highest BCUT2D eigenvalue weighted by atomic mass is 32.1. The standard InChI is InChI=1S/C13H9N3OS/c14-9-11(13(17)12-7-4-8-18-12)16-15-10-5-2-1-3-6-10/h1-8,15H/b16-11+. The molecule has 1 aromatic carbocycles. The Morgan fingerprint density at radius 1 is 1.22 bits per heavy atom. The summed E-state index contributed by atoms with van der Waals surface area (Å²) in [7, 11) is 0. The number of carbonyl (C=O) groups is 1. The molecule has 5 heteroatoms. The number of para-hydroxylation sites is 1. The van der Waals surface area contributed by atoms with Crippen molar-refractivity contribution in [2.24, 2.45) is 5.10 Å². The normalized spacial score (nSPS) is 10.7. The number of thiophene rings is 1. The number of carbonyl (C=O) groups excluding carboxylic acids is 1. The van der Waals surface area contributed by atoms with Gasteiger partial charge in [0.05, 0.1) is 10.6 Å². The van der Waals surface area contributed by atoms with Crippen LogP contribution in [0.4, 0.5) is 5.69 Å². The molecule has 0 atom stereocenters. The van der Waals surface area contributed by atoms with Gasteiger partial charge in [-0.3, -0.25) is 10.2 Å². The summed E-state index contributed by atoms with van der Waals surface area (Å²) in [4.78, 5) is 12.4. The van der Waals surface area contributed by atoms with E-state index >= 15 is 0 Å². The summed E-state index contributed by atoms with van der Waals surface area (Å²) < 4.78 is 0. The van der Waals surface area contributed by atoms with E-state index in [-0.39, 0.29) is 11.5 Å². The van der Waals surface area contributed by atoms with Gasteiger partial charge in [0.25, 0.3) is 0 Å². The molecule has 0 aliphatic heterocycles. The van der Waals surface area contributed by atoms with Crippen molar-refractivity contribution in [2.75, 3.05) is 5.43 Å². The van der Waals surface area contributed by atoms with Gasteiger partial charge in [0.2, 0.25) is 11.5 Å². The summed E-state index contributed by atoms with van der Waals surface area (Å²) in [6.45, 7) is 0. The lowest BCUT2D eigenvalue weighted by Gasteiger charge is -1.99. The Kier molecular flexibility index (Phi) is 3.84. The SMILES string of the molecule is N#C/C(=N\Nc1ccccc1)C(=O)c1cccs1. The number of benzene rings is 1. The van der Waals surface area contributed by atoms with Crippen LogP contribution in [0, 0.1) is 11.3 Å². The maximum atomic E-state index is 11.9. The fourth-order valence-corrected chi connectivity index (χ4v) is 1.95. The van der Waals surface area contributed by atoms with Crippen molar-refractivity contribution in [3.63, 3.8) is 0 Å². The van der Waals surface area contributed by atoms with Gasteiger partial charge in [-0.2, -0.15) is 10.4 Å². The van der Waals surface area contributed by atoms with E-state index in [9.17, 15) is 4.79 Å². The van der Waals surface area contributed by atoms with E-state index in [0.29, 0.717) is 4.88 Å². The number of nitrogens with one attached hydrogen (secondary N) is 1. The van der Waals surface area contributed by atoms with Crippen LogP contribution in [0.3, 0.4) is 0 Å². The number of nitriles is 1. The third-order valence-electron chi connectivity index (χ3n) is 2.14. The van der Waals surface area contributed by atoms with E-state index in [0.717, 1.165) is 5.69 Å². The van der Waals surface area contributed by atoms with Crippen LogP contribution in [-0.2, 0) is 0 Å². The second-order valence-electron chi connectivity index (χ2n) is 3.36. The summed E-state index contributed by atoms with van der Waals surface area (Å²) in [6.07, 6.45) is 0. The number of hydrogen-bond acceptors (Lipinski definition) is 5. The van der Waals surface area contributed by atoms with Gasteiger partial charge in [-0.15, -0.1) is 11.3 Å². The van der Waals surface area contributed by atoms with E-state index in [1.807, 2.05) is 18.2 Å². The van der Waals surface area contributed by atoms with Crippen LogP contribution in [-0.4, -0.2) is 11.5 Å². The molecule has 0 aliphatic carbocycles. The van der Waals surface area contributed by atoms with E-state index in [1.165, 1.54) is 11.3 Å². The smallest absolute Gasteiger partial charge is 0.233 e. The number of nitrogens with zero attached hydrogens (tertiary/aromatic N) is 2. The second kappa shape index (κ2) is 5.75. The maximum absolute atomic E-state index is 11.9. The Morgan fingerprint density at radius 3 is 2.61 bits per heavy atom. The van der Waals surface area contributed by atoms with Crippen molar-refractivity contribution in [3.8, 4) is 6.07 Å². The van der Waals surface area contributed by atoms with Crippen LogP contribution in [0.15, 0.2) is 52.9 Å². The average molecular weight is 255 g/mol. The Hall–Kier alpha value is -2.45. The molecule has 0 unspecified atom stereocenters. The molecule has 0 radical (unpaired) electrons. The third-order valence-corrected chi connectivity index (χ3v) is 3.01. The molecule has 0 fully saturated rings. The summed E-state index contributed by atoms with van der Waals surface area (Å²) in [5, 5.41) is 14.6. The molecule has 0 saturated carbocycles. The van der Waals surface area contributed by atoms with Gasteiger partial charge in [0.1, 0.15) is 6.07 Å². The second-order valence-corrected chi connectivity index (χ2v) is 4.30. The van der Waals surface area contributed by atoms with E-state index in [4.69, 9.17) is 5.26 Å². The number of ketones is 1. The first-order valence-corrected chi connectivity index (χ1v) is 6.06. The topological polar surface area (TPSA) is 65.2 Å². The Balaban J connectivity index is 2.15. The predicted octanol–water partition coefficient (Wildman–Crippen LogP) is 2.92. The molecule has 2 aromatic rings. The molecule has 0 bridgehead atoms. The summed E-state index contributed by atoms with van der Waals surface area (Å²) >= 11 is 1.29. The van der Waals surface area contributed by atoms with E-state index < -0.39 is 0 Å². The Bertz CT molecular complexity index is 597. The van der Waals surface area contributed by atoms with Crippen LogP contribution in [0.1, 0.15) is 9.67 Å². The lowest BCUT2D eigenvalue weighted by molar-refractivity contribution is 0.107. The lowest BCUT2D eigenvalue weighted by atomic mass is 10.2. The van der Waals surface area contributed by atoms with Crippen molar-refractivity contribution in [1.82, 2.24) is 0 Å². The van der Waals surface area contributed by atoms with Crippen molar-refractivity contribution in [1.29, 1.82) is 5.26 Å².